The fourth-order valence-electron chi connectivity index (χ4n) is 1.45. The van der Waals surface area contributed by atoms with Crippen LogP contribution in [0.1, 0.15) is 10.5 Å². The molecule has 2 aromatic heterocycles. The van der Waals surface area contributed by atoms with Crippen LogP contribution in [0.15, 0.2) is 36.7 Å². The Bertz CT molecular complexity index is 583. The molecule has 0 fully saturated rings. The zero-order valence-electron chi connectivity index (χ0n) is 10.6. The summed E-state index contributed by atoms with van der Waals surface area (Å²) >= 11 is 5.81. The maximum Gasteiger partial charge on any atom is 0.274 e. The van der Waals surface area contributed by atoms with Crippen LogP contribution in [0.4, 0.5) is 11.5 Å². The highest BCUT2D eigenvalue weighted by molar-refractivity contribution is 6.30. The lowest BCUT2D eigenvalue weighted by Gasteiger charge is -2.11. The van der Waals surface area contributed by atoms with Crippen molar-refractivity contribution in [3.63, 3.8) is 0 Å². The smallest absolute Gasteiger partial charge is 0.274 e. The van der Waals surface area contributed by atoms with Gasteiger partial charge in [0.05, 0.1) is 11.9 Å². The predicted octanol–water partition coefficient (Wildman–Crippen LogP) is 2.45. The van der Waals surface area contributed by atoms with Crippen molar-refractivity contribution < 1.29 is 4.79 Å². The van der Waals surface area contributed by atoms with Gasteiger partial charge in [0, 0.05) is 25.3 Å². The van der Waals surface area contributed by atoms with Gasteiger partial charge in [-0.2, -0.15) is 0 Å². The van der Waals surface area contributed by atoms with Gasteiger partial charge in [0.15, 0.2) is 0 Å². The monoisotopic (exact) mass is 276 g/mol. The highest BCUT2D eigenvalue weighted by atomic mass is 35.5. The van der Waals surface area contributed by atoms with Crippen molar-refractivity contribution in [2.45, 2.75) is 0 Å². The minimum absolute atomic E-state index is 0.268. The first-order valence-electron chi connectivity index (χ1n) is 5.62. The van der Waals surface area contributed by atoms with Crippen LogP contribution in [0.5, 0.6) is 0 Å². The molecule has 2 rings (SSSR count). The first-order chi connectivity index (χ1) is 9.06. The Morgan fingerprint density at radius 1 is 1.26 bits per heavy atom. The number of hydrogen-bond acceptors (Lipinski definition) is 4. The minimum atomic E-state index is -0.318. The molecule has 0 aliphatic heterocycles. The SMILES string of the molecule is CN(C)c1ccc(NC(=O)c2cc(Cl)ccn2)cn1. The molecule has 0 aliphatic rings. The number of anilines is 2. The topological polar surface area (TPSA) is 58.1 Å². The highest BCUT2D eigenvalue weighted by Crippen LogP contribution is 2.13. The molecular weight excluding hydrogens is 264 g/mol. The molecule has 0 saturated carbocycles. The third-order valence-electron chi connectivity index (χ3n) is 2.42. The summed E-state index contributed by atoms with van der Waals surface area (Å²) < 4.78 is 0. The summed E-state index contributed by atoms with van der Waals surface area (Å²) in [7, 11) is 3.80. The van der Waals surface area contributed by atoms with E-state index in [9.17, 15) is 4.79 Å². The standard InChI is InChI=1S/C13H13ClN4O/c1-18(2)12-4-3-10(8-16-12)17-13(19)11-7-9(14)5-6-15-11/h3-8H,1-2H3,(H,17,19). The molecule has 0 radical (unpaired) electrons. The first kappa shape index (κ1) is 13.3. The van der Waals surface area contributed by atoms with Crippen LogP contribution in [0.2, 0.25) is 5.02 Å². The van der Waals surface area contributed by atoms with E-state index in [0.29, 0.717) is 10.7 Å². The van der Waals surface area contributed by atoms with Gasteiger partial charge in [-0.05, 0) is 24.3 Å². The van der Waals surface area contributed by atoms with Crippen molar-refractivity contribution in [2.24, 2.45) is 0 Å². The lowest BCUT2D eigenvalue weighted by atomic mass is 10.3. The second-order valence-electron chi connectivity index (χ2n) is 4.11. The van der Waals surface area contributed by atoms with E-state index in [2.05, 4.69) is 15.3 Å². The molecule has 0 bridgehead atoms. The molecule has 19 heavy (non-hydrogen) atoms. The molecule has 98 valence electrons. The third-order valence-corrected chi connectivity index (χ3v) is 2.65. The van der Waals surface area contributed by atoms with Gasteiger partial charge < -0.3 is 10.2 Å². The number of amides is 1. The van der Waals surface area contributed by atoms with Crippen LogP contribution in [0.25, 0.3) is 0 Å². The van der Waals surface area contributed by atoms with Crippen LogP contribution in [-0.4, -0.2) is 30.0 Å². The van der Waals surface area contributed by atoms with Gasteiger partial charge in [0.1, 0.15) is 11.5 Å². The number of carbonyl (C=O) groups excluding carboxylic acids is 1. The summed E-state index contributed by atoms with van der Waals surface area (Å²) in [6, 6.07) is 6.73. The van der Waals surface area contributed by atoms with Crippen molar-refractivity contribution in [1.82, 2.24) is 9.97 Å². The molecule has 0 atom stereocenters. The zero-order chi connectivity index (χ0) is 13.8. The van der Waals surface area contributed by atoms with Crippen LogP contribution in [0, 0.1) is 0 Å². The molecule has 5 nitrogen and oxygen atoms in total. The van der Waals surface area contributed by atoms with E-state index in [4.69, 9.17) is 11.6 Å². The van der Waals surface area contributed by atoms with E-state index >= 15 is 0 Å². The van der Waals surface area contributed by atoms with Gasteiger partial charge in [-0.3, -0.25) is 9.78 Å². The normalized spacial score (nSPS) is 10.1. The fourth-order valence-corrected chi connectivity index (χ4v) is 1.61. The maximum absolute atomic E-state index is 11.9. The molecule has 0 unspecified atom stereocenters. The molecule has 0 saturated heterocycles. The summed E-state index contributed by atoms with van der Waals surface area (Å²) in [4.78, 5) is 22.0. The van der Waals surface area contributed by atoms with Gasteiger partial charge in [0.2, 0.25) is 0 Å². The van der Waals surface area contributed by atoms with Crippen molar-refractivity contribution in [2.75, 3.05) is 24.3 Å². The van der Waals surface area contributed by atoms with Gasteiger partial charge in [-0.1, -0.05) is 11.6 Å². The van der Waals surface area contributed by atoms with E-state index in [-0.39, 0.29) is 11.6 Å². The maximum atomic E-state index is 11.9. The molecule has 0 spiro atoms. The van der Waals surface area contributed by atoms with Gasteiger partial charge in [-0.25, -0.2) is 4.98 Å². The molecule has 0 aromatic carbocycles. The average molecular weight is 277 g/mol. The van der Waals surface area contributed by atoms with E-state index in [0.717, 1.165) is 5.82 Å². The van der Waals surface area contributed by atoms with E-state index in [1.54, 1.807) is 18.3 Å². The number of nitrogens with zero attached hydrogens (tertiary/aromatic N) is 3. The number of hydrogen-bond donors (Lipinski definition) is 1. The molecule has 0 aliphatic carbocycles. The van der Waals surface area contributed by atoms with Crippen molar-refractivity contribution in [1.29, 1.82) is 0 Å². The van der Waals surface area contributed by atoms with Crippen molar-refractivity contribution in [3.8, 4) is 0 Å². The van der Waals surface area contributed by atoms with E-state index < -0.39 is 0 Å². The van der Waals surface area contributed by atoms with Crippen molar-refractivity contribution >= 4 is 29.0 Å². The zero-order valence-corrected chi connectivity index (χ0v) is 11.3. The summed E-state index contributed by atoms with van der Waals surface area (Å²) in [6.07, 6.45) is 3.09. The predicted molar refractivity (Wildman–Crippen MR) is 75.8 cm³/mol. The molecule has 6 heteroatoms. The largest absolute Gasteiger partial charge is 0.363 e. The average Bonchev–Trinajstić information content (AvgIpc) is 2.39. The Morgan fingerprint density at radius 3 is 2.63 bits per heavy atom. The summed E-state index contributed by atoms with van der Waals surface area (Å²) in [5.74, 6) is 0.501. The van der Waals surface area contributed by atoms with Gasteiger partial charge >= 0.3 is 0 Å². The number of halogens is 1. The summed E-state index contributed by atoms with van der Waals surface area (Å²) in [6.45, 7) is 0. The van der Waals surface area contributed by atoms with Crippen LogP contribution < -0.4 is 10.2 Å². The molecular formula is C13H13ClN4O. The van der Waals surface area contributed by atoms with Gasteiger partial charge in [-0.15, -0.1) is 0 Å². The van der Waals surface area contributed by atoms with E-state index in [1.807, 2.05) is 25.1 Å². The molecule has 1 amide bonds. The summed E-state index contributed by atoms with van der Waals surface area (Å²) in [5, 5.41) is 3.18. The quantitative estimate of drug-likeness (QED) is 0.935. The van der Waals surface area contributed by atoms with Gasteiger partial charge in [0.25, 0.3) is 5.91 Å². The van der Waals surface area contributed by atoms with Crippen LogP contribution >= 0.6 is 11.6 Å². The highest BCUT2D eigenvalue weighted by Gasteiger charge is 2.08. The number of nitrogens with one attached hydrogen (secondary N) is 1. The Labute approximate surface area is 116 Å². The lowest BCUT2D eigenvalue weighted by Crippen LogP contribution is -2.14. The second kappa shape index (κ2) is 5.67. The van der Waals surface area contributed by atoms with E-state index in [1.165, 1.54) is 12.3 Å². The Balaban J connectivity index is 2.10. The first-order valence-corrected chi connectivity index (χ1v) is 6.00. The Morgan fingerprint density at radius 2 is 2.05 bits per heavy atom. The molecule has 2 heterocycles. The Kier molecular flexibility index (Phi) is 3.97. The van der Waals surface area contributed by atoms with Crippen LogP contribution in [0.3, 0.4) is 0 Å². The minimum Gasteiger partial charge on any atom is -0.363 e. The number of aromatic nitrogens is 2. The molecule has 1 N–H and O–H groups in total. The Hall–Kier alpha value is -2.14. The number of carbonyl (C=O) groups is 1. The lowest BCUT2D eigenvalue weighted by molar-refractivity contribution is 0.102. The molecule has 2 aromatic rings. The third kappa shape index (κ3) is 3.42. The number of rotatable bonds is 3. The van der Waals surface area contributed by atoms with Crippen LogP contribution in [-0.2, 0) is 0 Å². The fraction of sp³-hybridized carbons (Fsp3) is 0.154. The number of pyridine rings is 2. The summed E-state index contributed by atoms with van der Waals surface area (Å²) in [5.41, 5.74) is 0.876. The second-order valence-corrected chi connectivity index (χ2v) is 4.55. The van der Waals surface area contributed by atoms with Crippen molar-refractivity contribution in [3.05, 3.63) is 47.4 Å².